The maximum absolute atomic E-state index is 12.5. The summed E-state index contributed by atoms with van der Waals surface area (Å²) in [5, 5.41) is 0. The van der Waals surface area contributed by atoms with E-state index in [1.54, 1.807) is 6.07 Å². The van der Waals surface area contributed by atoms with Crippen LogP contribution in [0.2, 0.25) is 0 Å². The van der Waals surface area contributed by atoms with Gasteiger partial charge in [-0.05, 0) is 70.6 Å². The number of hydrogen-bond acceptors (Lipinski definition) is 4. The van der Waals surface area contributed by atoms with Crippen LogP contribution in [0.25, 0.3) is 0 Å². The van der Waals surface area contributed by atoms with Gasteiger partial charge in [0.1, 0.15) is 4.21 Å². The number of fused-ring (bicyclic) bond motifs is 1. The molecule has 0 bridgehead atoms. The van der Waals surface area contributed by atoms with Gasteiger partial charge in [0, 0.05) is 11.7 Å². The zero-order valence-electron chi connectivity index (χ0n) is 11.4. The zero-order chi connectivity index (χ0) is 15.2. The number of aryl methyl sites for hydroxylation is 2. The molecule has 1 heterocycles. The van der Waals surface area contributed by atoms with Gasteiger partial charge in [0.05, 0.1) is 3.79 Å². The first-order valence-electron chi connectivity index (χ1n) is 6.53. The second kappa shape index (κ2) is 5.39. The van der Waals surface area contributed by atoms with E-state index < -0.39 is 10.0 Å². The second-order valence-electron chi connectivity index (χ2n) is 5.19. The summed E-state index contributed by atoms with van der Waals surface area (Å²) in [6.45, 7) is 1.88. The number of nitrogens with two attached hydrogens (primary N) is 1. The number of rotatable bonds is 3. The Morgan fingerprint density at radius 2 is 2.14 bits per heavy atom. The van der Waals surface area contributed by atoms with Crippen molar-refractivity contribution >= 4 is 43.0 Å². The van der Waals surface area contributed by atoms with Crippen molar-refractivity contribution in [2.24, 2.45) is 0 Å². The average molecular weight is 387 g/mol. The minimum absolute atomic E-state index is 0.174. The normalized spacial score (nSPS) is 17.9. The number of benzene rings is 1. The highest BCUT2D eigenvalue weighted by Crippen LogP contribution is 2.35. The lowest BCUT2D eigenvalue weighted by Gasteiger charge is -2.13. The quantitative estimate of drug-likeness (QED) is 0.794. The van der Waals surface area contributed by atoms with Crippen LogP contribution in [0.5, 0.6) is 0 Å². The maximum atomic E-state index is 12.5. The van der Waals surface area contributed by atoms with Crippen molar-refractivity contribution in [1.82, 2.24) is 4.72 Å². The summed E-state index contributed by atoms with van der Waals surface area (Å²) >= 11 is 4.60. The Morgan fingerprint density at radius 3 is 2.81 bits per heavy atom. The fourth-order valence-corrected chi connectivity index (χ4v) is 6.06. The Kier molecular flexibility index (Phi) is 3.85. The van der Waals surface area contributed by atoms with Crippen molar-refractivity contribution in [3.8, 4) is 0 Å². The van der Waals surface area contributed by atoms with E-state index >= 15 is 0 Å². The van der Waals surface area contributed by atoms with Gasteiger partial charge in [-0.1, -0.05) is 6.07 Å². The van der Waals surface area contributed by atoms with Crippen LogP contribution >= 0.6 is 27.3 Å². The van der Waals surface area contributed by atoms with Gasteiger partial charge in [0.25, 0.3) is 10.0 Å². The molecule has 21 heavy (non-hydrogen) atoms. The van der Waals surface area contributed by atoms with Crippen molar-refractivity contribution in [1.29, 1.82) is 0 Å². The highest BCUT2D eigenvalue weighted by Gasteiger charge is 2.28. The summed E-state index contributed by atoms with van der Waals surface area (Å²) in [4.78, 5) is 0. The van der Waals surface area contributed by atoms with Gasteiger partial charge in [-0.2, -0.15) is 0 Å². The lowest BCUT2D eigenvalue weighted by molar-refractivity contribution is 0.556. The van der Waals surface area contributed by atoms with E-state index in [4.69, 9.17) is 5.73 Å². The van der Waals surface area contributed by atoms with Crippen molar-refractivity contribution in [2.45, 2.75) is 30.0 Å². The molecular formula is C14H15BrN2O2S2. The summed E-state index contributed by atoms with van der Waals surface area (Å²) in [7, 11) is -3.49. The molecule has 0 fully saturated rings. The fourth-order valence-electron chi connectivity index (χ4n) is 2.57. The SMILES string of the molecule is Cc1cc(S(=O)(=O)NC2CCc3cc(N)ccc32)sc1Br. The number of halogens is 1. The van der Waals surface area contributed by atoms with Gasteiger partial charge in [-0.3, -0.25) is 0 Å². The Bertz CT molecular complexity index is 780. The fraction of sp³-hybridized carbons (Fsp3) is 0.286. The van der Waals surface area contributed by atoms with Crippen molar-refractivity contribution in [2.75, 3.05) is 5.73 Å². The predicted octanol–water partition coefficient (Wildman–Crippen LogP) is 3.37. The highest BCUT2D eigenvalue weighted by molar-refractivity contribution is 9.11. The van der Waals surface area contributed by atoms with Crippen LogP contribution in [0.4, 0.5) is 5.69 Å². The van der Waals surface area contributed by atoms with E-state index in [1.165, 1.54) is 11.3 Å². The van der Waals surface area contributed by atoms with Crippen LogP contribution in [-0.4, -0.2) is 8.42 Å². The summed E-state index contributed by atoms with van der Waals surface area (Å²) in [6.07, 6.45) is 1.62. The summed E-state index contributed by atoms with van der Waals surface area (Å²) in [5.74, 6) is 0. The molecule has 1 aromatic carbocycles. The standard InChI is InChI=1S/C14H15BrN2O2S2/c1-8-6-13(20-14(8)15)21(18,19)17-12-5-2-9-7-10(16)3-4-11(9)12/h3-4,6-7,12,17H,2,5,16H2,1H3. The zero-order valence-corrected chi connectivity index (χ0v) is 14.6. The van der Waals surface area contributed by atoms with Gasteiger partial charge >= 0.3 is 0 Å². The number of anilines is 1. The number of thiophene rings is 1. The number of hydrogen-bond donors (Lipinski definition) is 2. The molecule has 2 aromatic rings. The average Bonchev–Trinajstić information content (AvgIpc) is 2.94. The molecule has 0 aliphatic heterocycles. The third kappa shape index (κ3) is 2.88. The summed E-state index contributed by atoms with van der Waals surface area (Å²) in [6, 6.07) is 7.18. The smallest absolute Gasteiger partial charge is 0.250 e. The van der Waals surface area contributed by atoms with E-state index in [-0.39, 0.29) is 6.04 Å². The van der Waals surface area contributed by atoms with E-state index in [1.807, 2.05) is 25.1 Å². The number of sulfonamides is 1. The van der Waals surface area contributed by atoms with Gasteiger partial charge in [0.15, 0.2) is 0 Å². The third-order valence-corrected chi connectivity index (χ3v) is 7.72. The molecule has 1 atom stereocenters. The molecular weight excluding hydrogens is 372 g/mol. The molecule has 0 spiro atoms. The Balaban J connectivity index is 1.88. The molecule has 112 valence electrons. The second-order valence-corrected chi connectivity index (χ2v) is 9.50. The topological polar surface area (TPSA) is 72.2 Å². The van der Waals surface area contributed by atoms with Gasteiger partial charge < -0.3 is 5.73 Å². The monoisotopic (exact) mass is 386 g/mol. The Morgan fingerprint density at radius 1 is 1.38 bits per heavy atom. The summed E-state index contributed by atoms with van der Waals surface area (Å²) < 4.78 is 29.0. The van der Waals surface area contributed by atoms with Gasteiger partial charge in [0.2, 0.25) is 0 Å². The maximum Gasteiger partial charge on any atom is 0.250 e. The molecule has 0 radical (unpaired) electrons. The van der Waals surface area contributed by atoms with E-state index in [0.717, 1.165) is 39.0 Å². The summed E-state index contributed by atoms with van der Waals surface area (Å²) in [5.41, 5.74) is 9.58. The molecule has 1 aromatic heterocycles. The molecule has 0 amide bonds. The first-order valence-corrected chi connectivity index (χ1v) is 9.62. The number of nitrogens with one attached hydrogen (secondary N) is 1. The van der Waals surface area contributed by atoms with Crippen LogP contribution < -0.4 is 10.5 Å². The molecule has 7 heteroatoms. The minimum Gasteiger partial charge on any atom is -0.399 e. The van der Waals surface area contributed by atoms with Crippen LogP contribution in [0, 0.1) is 6.92 Å². The predicted molar refractivity (Wildman–Crippen MR) is 89.0 cm³/mol. The first-order chi connectivity index (χ1) is 9.87. The largest absolute Gasteiger partial charge is 0.399 e. The van der Waals surface area contributed by atoms with E-state index in [0.29, 0.717) is 4.21 Å². The molecule has 1 aliphatic carbocycles. The molecule has 0 saturated heterocycles. The molecule has 1 aliphatic rings. The minimum atomic E-state index is -3.49. The van der Waals surface area contributed by atoms with Crippen LogP contribution in [0.3, 0.4) is 0 Å². The molecule has 3 rings (SSSR count). The van der Waals surface area contributed by atoms with Gasteiger partial charge in [-0.15, -0.1) is 11.3 Å². The van der Waals surface area contributed by atoms with Crippen molar-refractivity contribution < 1.29 is 8.42 Å². The highest BCUT2D eigenvalue weighted by atomic mass is 79.9. The lowest BCUT2D eigenvalue weighted by Crippen LogP contribution is -2.26. The molecule has 1 unspecified atom stereocenters. The lowest BCUT2D eigenvalue weighted by atomic mass is 10.1. The van der Waals surface area contributed by atoms with Crippen LogP contribution in [-0.2, 0) is 16.4 Å². The van der Waals surface area contributed by atoms with Crippen molar-refractivity contribution in [3.63, 3.8) is 0 Å². The van der Waals surface area contributed by atoms with Gasteiger partial charge in [-0.25, -0.2) is 13.1 Å². The Hall–Kier alpha value is -0.890. The molecule has 3 N–H and O–H groups in total. The van der Waals surface area contributed by atoms with Crippen molar-refractivity contribution in [3.05, 3.63) is 44.7 Å². The third-order valence-electron chi connectivity index (χ3n) is 3.64. The van der Waals surface area contributed by atoms with Crippen LogP contribution in [0.15, 0.2) is 32.3 Å². The molecule has 0 saturated carbocycles. The Labute approximate surface area is 136 Å². The van der Waals surface area contributed by atoms with E-state index in [9.17, 15) is 8.42 Å². The molecule has 4 nitrogen and oxygen atoms in total. The number of nitrogen functional groups attached to an aromatic ring is 1. The van der Waals surface area contributed by atoms with E-state index in [2.05, 4.69) is 20.7 Å². The van der Waals surface area contributed by atoms with Crippen LogP contribution in [0.1, 0.15) is 29.2 Å². The first kappa shape index (κ1) is 15.0.